The maximum absolute atomic E-state index is 12.3. The van der Waals surface area contributed by atoms with Crippen LogP contribution in [0.1, 0.15) is 26.2 Å². The number of hydrogen-bond acceptors (Lipinski definition) is 3. The number of thioether (sulfide) groups is 1. The Hall–Kier alpha value is -1.49. The fourth-order valence-corrected chi connectivity index (χ4v) is 3.25. The predicted molar refractivity (Wildman–Crippen MR) is 75.6 cm³/mol. The summed E-state index contributed by atoms with van der Waals surface area (Å²) in [5.41, 5.74) is 0.951. The number of para-hydroxylation sites is 1. The van der Waals surface area contributed by atoms with E-state index in [1.807, 2.05) is 36.1 Å². The molecule has 1 heterocycles. The first-order valence-electron chi connectivity index (χ1n) is 6.35. The highest BCUT2D eigenvalue weighted by Crippen LogP contribution is 2.37. The van der Waals surface area contributed by atoms with Crippen molar-refractivity contribution in [2.45, 2.75) is 37.1 Å². The third-order valence-corrected chi connectivity index (χ3v) is 4.40. The van der Waals surface area contributed by atoms with Gasteiger partial charge in [-0.1, -0.05) is 12.1 Å². The molecule has 0 bridgehead atoms. The Morgan fingerprint density at radius 1 is 1.37 bits per heavy atom. The number of hydrogen-bond donors (Lipinski definition) is 1. The zero-order chi connectivity index (χ0) is 13.8. The van der Waals surface area contributed by atoms with E-state index in [0.717, 1.165) is 16.3 Å². The van der Waals surface area contributed by atoms with Crippen molar-refractivity contribution >= 4 is 29.3 Å². The fraction of sp³-hybridized carbons (Fsp3) is 0.429. The molecule has 1 atom stereocenters. The number of anilines is 1. The van der Waals surface area contributed by atoms with Crippen molar-refractivity contribution in [2.75, 3.05) is 10.7 Å². The standard InChI is InChI=1S/C14H17NO3S/c1-10-9-19-12-6-3-2-5-11(12)15(10)13(16)7-4-8-14(17)18/h2-3,5-6,10H,4,7-9H2,1H3,(H,17,18). The molecule has 0 aromatic heterocycles. The first-order chi connectivity index (χ1) is 9.09. The number of carboxylic acid groups (broad SMARTS) is 1. The molecule has 1 aromatic carbocycles. The molecule has 0 fully saturated rings. The number of carboxylic acids is 1. The summed E-state index contributed by atoms with van der Waals surface area (Å²) in [5.74, 6) is 0.0405. The SMILES string of the molecule is CC1CSc2ccccc2N1C(=O)CCCC(=O)O. The third kappa shape index (κ3) is 3.29. The van der Waals surface area contributed by atoms with Crippen LogP contribution in [0.15, 0.2) is 29.2 Å². The molecule has 0 radical (unpaired) electrons. The van der Waals surface area contributed by atoms with E-state index in [1.165, 1.54) is 0 Å². The van der Waals surface area contributed by atoms with E-state index in [1.54, 1.807) is 11.8 Å². The average molecular weight is 279 g/mol. The Morgan fingerprint density at radius 3 is 2.84 bits per heavy atom. The van der Waals surface area contributed by atoms with Crippen molar-refractivity contribution in [2.24, 2.45) is 0 Å². The van der Waals surface area contributed by atoms with Gasteiger partial charge >= 0.3 is 5.97 Å². The monoisotopic (exact) mass is 279 g/mol. The lowest BCUT2D eigenvalue weighted by atomic mass is 10.1. The van der Waals surface area contributed by atoms with Crippen molar-refractivity contribution in [1.82, 2.24) is 0 Å². The molecule has 0 saturated heterocycles. The van der Waals surface area contributed by atoms with Gasteiger partial charge in [0.05, 0.1) is 5.69 Å². The maximum Gasteiger partial charge on any atom is 0.303 e. The lowest BCUT2D eigenvalue weighted by molar-refractivity contribution is -0.137. The van der Waals surface area contributed by atoms with Gasteiger partial charge in [-0.05, 0) is 25.5 Å². The molecule has 1 aliphatic heterocycles. The van der Waals surface area contributed by atoms with Crippen molar-refractivity contribution < 1.29 is 14.7 Å². The Labute approximate surface area is 116 Å². The topological polar surface area (TPSA) is 57.6 Å². The number of carbonyl (C=O) groups is 2. The van der Waals surface area contributed by atoms with Crippen molar-refractivity contribution in [3.63, 3.8) is 0 Å². The minimum absolute atomic E-state index is 0.0153. The number of nitrogens with zero attached hydrogens (tertiary/aromatic N) is 1. The molecule has 0 saturated carbocycles. The van der Waals surface area contributed by atoms with Gasteiger partial charge in [-0.2, -0.15) is 0 Å². The van der Waals surface area contributed by atoms with Gasteiger partial charge in [0.2, 0.25) is 5.91 Å². The van der Waals surface area contributed by atoms with E-state index in [0.29, 0.717) is 6.42 Å². The molecule has 1 N–H and O–H groups in total. The molecule has 1 aromatic rings. The van der Waals surface area contributed by atoms with Gasteiger partial charge in [0.25, 0.3) is 0 Å². The summed E-state index contributed by atoms with van der Waals surface area (Å²) in [7, 11) is 0. The first kappa shape index (κ1) is 13.9. The van der Waals surface area contributed by atoms with Gasteiger partial charge in [0, 0.05) is 29.5 Å². The Bertz CT molecular complexity index is 489. The number of amides is 1. The van der Waals surface area contributed by atoms with Crippen LogP contribution < -0.4 is 4.90 Å². The van der Waals surface area contributed by atoms with Crippen LogP contribution in [0.3, 0.4) is 0 Å². The molecule has 1 amide bonds. The normalized spacial score (nSPS) is 17.9. The highest BCUT2D eigenvalue weighted by Gasteiger charge is 2.27. The summed E-state index contributed by atoms with van der Waals surface area (Å²) >= 11 is 1.76. The average Bonchev–Trinajstić information content (AvgIpc) is 2.38. The van der Waals surface area contributed by atoms with Crippen LogP contribution in [0.5, 0.6) is 0 Å². The summed E-state index contributed by atoms with van der Waals surface area (Å²) < 4.78 is 0. The molecular formula is C14H17NO3S. The largest absolute Gasteiger partial charge is 0.481 e. The molecule has 4 nitrogen and oxygen atoms in total. The van der Waals surface area contributed by atoms with Crippen LogP contribution in [0, 0.1) is 0 Å². The number of benzene rings is 1. The molecule has 2 rings (SSSR count). The van der Waals surface area contributed by atoms with Gasteiger partial charge in [-0.25, -0.2) is 0 Å². The minimum atomic E-state index is -0.851. The summed E-state index contributed by atoms with van der Waals surface area (Å²) in [6, 6.07) is 8.01. The van der Waals surface area contributed by atoms with Crippen molar-refractivity contribution in [1.29, 1.82) is 0 Å². The van der Waals surface area contributed by atoms with E-state index in [9.17, 15) is 9.59 Å². The van der Waals surface area contributed by atoms with Crippen LogP contribution in [-0.2, 0) is 9.59 Å². The van der Waals surface area contributed by atoms with Gasteiger partial charge in [-0.15, -0.1) is 11.8 Å². The van der Waals surface area contributed by atoms with Gasteiger partial charge in [0.1, 0.15) is 0 Å². The fourth-order valence-electron chi connectivity index (χ4n) is 2.19. The zero-order valence-electron chi connectivity index (χ0n) is 10.8. The van der Waals surface area contributed by atoms with Gasteiger partial charge < -0.3 is 10.0 Å². The Balaban J connectivity index is 2.10. The van der Waals surface area contributed by atoms with Gasteiger partial charge in [-0.3, -0.25) is 9.59 Å². The quantitative estimate of drug-likeness (QED) is 0.920. The first-order valence-corrected chi connectivity index (χ1v) is 7.34. The summed E-state index contributed by atoms with van der Waals surface area (Å²) in [4.78, 5) is 25.7. The number of carbonyl (C=O) groups excluding carboxylic acids is 1. The second-order valence-corrected chi connectivity index (χ2v) is 5.70. The molecule has 19 heavy (non-hydrogen) atoms. The van der Waals surface area contributed by atoms with E-state index >= 15 is 0 Å². The molecule has 0 aliphatic carbocycles. The van der Waals surface area contributed by atoms with Crippen LogP contribution in [0.2, 0.25) is 0 Å². The van der Waals surface area contributed by atoms with E-state index in [4.69, 9.17) is 5.11 Å². The highest BCUT2D eigenvalue weighted by molar-refractivity contribution is 7.99. The lowest BCUT2D eigenvalue weighted by Crippen LogP contribution is -2.42. The minimum Gasteiger partial charge on any atom is -0.481 e. The Morgan fingerprint density at radius 2 is 2.11 bits per heavy atom. The van der Waals surface area contributed by atoms with E-state index in [-0.39, 0.29) is 24.8 Å². The van der Waals surface area contributed by atoms with Crippen LogP contribution >= 0.6 is 11.8 Å². The number of rotatable bonds is 4. The van der Waals surface area contributed by atoms with Crippen molar-refractivity contribution in [3.8, 4) is 0 Å². The summed E-state index contributed by atoms with van der Waals surface area (Å²) in [5, 5.41) is 8.62. The smallest absolute Gasteiger partial charge is 0.303 e. The maximum atomic E-state index is 12.3. The van der Waals surface area contributed by atoms with Crippen LogP contribution in [0.4, 0.5) is 5.69 Å². The van der Waals surface area contributed by atoms with Crippen molar-refractivity contribution in [3.05, 3.63) is 24.3 Å². The third-order valence-electron chi connectivity index (χ3n) is 3.10. The summed E-state index contributed by atoms with van der Waals surface area (Å²) in [6.45, 7) is 2.03. The lowest BCUT2D eigenvalue weighted by Gasteiger charge is -2.34. The number of fused-ring (bicyclic) bond motifs is 1. The molecule has 102 valence electrons. The second kappa shape index (κ2) is 6.10. The molecule has 0 spiro atoms. The Kier molecular flexibility index (Phi) is 4.47. The molecule has 5 heteroatoms. The van der Waals surface area contributed by atoms with Gasteiger partial charge in [0.15, 0.2) is 0 Å². The van der Waals surface area contributed by atoms with E-state index < -0.39 is 5.97 Å². The number of aliphatic carboxylic acids is 1. The second-order valence-electron chi connectivity index (χ2n) is 4.64. The molecule has 1 aliphatic rings. The predicted octanol–water partition coefficient (Wildman–Crippen LogP) is 2.77. The van der Waals surface area contributed by atoms with E-state index in [2.05, 4.69) is 0 Å². The molecular weight excluding hydrogens is 262 g/mol. The highest BCUT2D eigenvalue weighted by atomic mass is 32.2. The summed E-state index contributed by atoms with van der Waals surface area (Å²) in [6.07, 6.45) is 0.729. The van der Waals surface area contributed by atoms with Crippen LogP contribution in [-0.4, -0.2) is 28.8 Å². The van der Waals surface area contributed by atoms with Crippen LogP contribution in [0.25, 0.3) is 0 Å². The molecule has 1 unspecified atom stereocenters. The zero-order valence-corrected chi connectivity index (χ0v) is 11.7.